The second-order valence-corrected chi connectivity index (χ2v) is 8.30. The van der Waals surface area contributed by atoms with Crippen LogP contribution in [0.5, 0.6) is 0 Å². The lowest BCUT2D eigenvalue weighted by Crippen LogP contribution is -2.39. The molecule has 0 aromatic heterocycles. The smallest absolute Gasteiger partial charge is 0.348 e. The fraction of sp³-hybridized carbons (Fsp3) is 0.103. The molecule has 1 aliphatic rings. The number of halogens is 3. The Morgan fingerprint density at radius 1 is 0.973 bits per heavy atom. The number of aliphatic imine (C=N–C) groups is 1. The summed E-state index contributed by atoms with van der Waals surface area (Å²) in [7, 11) is 0. The van der Waals surface area contributed by atoms with Gasteiger partial charge in [0.2, 0.25) is 0 Å². The zero-order valence-electron chi connectivity index (χ0n) is 20.1. The van der Waals surface area contributed by atoms with Crippen molar-refractivity contribution in [2.24, 2.45) is 4.99 Å². The molecule has 1 amide bonds. The van der Waals surface area contributed by atoms with Crippen LogP contribution in [0.2, 0.25) is 0 Å². The number of carbonyl (C=O) groups excluding carboxylic acids is 1. The molecule has 0 radical (unpaired) electrons. The van der Waals surface area contributed by atoms with Gasteiger partial charge in [0.15, 0.2) is 0 Å². The average molecular weight is 503 g/mol. The van der Waals surface area contributed by atoms with Crippen molar-refractivity contribution in [2.75, 3.05) is 0 Å². The maximum Gasteiger partial charge on any atom is 0.416 e. The maximum absolute atomic E-state index is 13.2. The van der Waals surface area contributed by atoms with Crippen LogP contribution in [0, 0.1) is 0 Å². The van der Waals surface area contributed by atoms with Crippen LogP contribution in [0.3, 0.4) is 0 Å². The molecule has 0 saturated carbocycles. The van der Waals surface area contributed by atoms with Gasteiger partial charge in [0.1, 0.15) is 5.84 Å². The molecule has 4 rings (SSSR count). The van der Waals surface area contributed by atoms with Crippen molar-refractivity contribution >= 4 is 23.1 Å². The van der Waals surface area contributed by atoms with Crippen LogP contribution < -0.4 is 10.7 Å². The van der Waals surface area contributed by atoms with Gasteiger partial charge in [0.05, 0.1) is 22.6 Å². The number of nitrogens with one attached hydrogen (secondary N) is 2. The molecule has 0 unspecified atom stereocenters. The van der Waals surface area contributed by atoms with Gasteiger partial charge in [0, 0.05) is 17.7 Å². The van der Waals surface area contributed by atoms with Crippen molar-refractivity contribution in [3.8, 4) is 0 Å². The monoisotopic (exact) mass is 502 g/mol. The zero-order chi connectivity index (χ0) is 26.4. The van der Waals surface area contributed by atoms with E-state index in [0.29, 0.717) is 17.1 Å². The topological polar surface area (TPSA) is 56.7 Å². The molecule has 0 spiro atoms. The van der Waals surface area contributed by atoms with Gasteiger partial charge in [-0.25, -0.2) is 4.99 Å². The Bertz CT molecular complexity index is 1370. The van der Waals surface area contributed by atoms with E-state index in [1.807, 2.05) is 55.5 Å². The zero-order valence-corrected chi connectivity index (χ0v) is 20.1. The number of amides is 1. The molecule has 3 aromatic rings. The molecule has 2 N–H and O–H groups in total. The molecular formula is C29H25F3N4O. The highest BCUT2D eigenvalue weighted by atomic mass is 19.4. The Kier molecular flexibility index (Phi) is 7.57. The first-order chi connectivity index (χ1) is 17.7. The van der Waals surface area contributed by atoms with E-state index in [1.165, 1.54) is 18.2 Å². The van der Waals surface area contributed by atoms with Crippen molar-refractivity contribution in [2.45, 2.75) is 19.6 Å². The quantitative estimate of drug-likeness (QED) is 0.294. The fourth-order valence-electron chi connectivity index (χ4n) is 3.82. The minimum Gasteiger partial charge on any atom is -0.348 e. The fourth-order valence-corrected chi connectivity index (χ4v) is 3.82. The van der Waals surface area contributed by atoms with Gasteiger partial charge in [-0.3, -0.25) is 15.2 Å². The molecule has 8 heteroatoms. The van der Waals surface area contributed by atoms with E-state index >= 15 is 0 Å². The summed E-state index contributed by atoms with van der Waals surface area (Å²) in [6, 6.07) is 21.5. The number of para-hydroxylation sites is 1. The molecule has 0 atom stereocenters. The Balaban J connectivity index is 1.46. The first-order valence-electron chi connectivity index (χ1n) is 11.5. The van der Waals surface area contributed by atoms with Crippen molar-refractivity contribution in [1.82, 2.24) is 15.8 Å². The van der Waals surface area contributed by atoms with Gasteiger partial charge in [0.25, 0.3) is 5.91 Å². The van der Waals surface area contributed by atoms with Gasteiger partial charge < -0.3 is 5.32 Å². The lowest BCUT2D eigenvalue weighted by Gasteiger charge is -2.31. The SMILES string of the molecule is C=C1C=CC=C(c2ccc(C(=O)NCc3ccccc3C(F)(F)F)cc2)N1NC(C)=Nc1ccccc1. The number of rotatable bonds is 6. The second kappa shape index (κ2) is 11.0. The molecule has 0 aliphatic carbocycles. The number of alkyl halides is 3. The van der Waals surface area contributed by atoms with Crippen LogP contribution in [0.15, 0.2) is 114 Å². The van der Waals surface area contributed by atoms with E-state index in [1.54, 1.807) is 29.3 Å². The Labute approximate surface area is 213 Å². The van der Waals surface area contributed by atoms with Crippen LogP contribution in [0.4, 0.5) is 18.9 Å². The van der Waals surface area contributed by atoms with Crippen LogP contribution in [-0.2, 0) is 12.7 Å². The molecule has 1 aliphatic heterocycles. The summed E-state index contributed by atoms with van der Waals surface area (Å²) in [5.41, 5.74) is 5.94. The molecule has 3 aromatic carbocycles. The van der Waals surface area contributed by atoms with Crippen LogP contribution in [0.25, 0.3) is 5.70 Å². The van der Waals surface area contributed by atoms with Gasteiger partial charge in [-0.15, -0.1) is 0 Å². The third-order valence-corrected chi connectivity index (χ3v) is 5.60. The highest BCUT2D eigenvalue weighted by molar-refractivity contribution is 5.94. The van der Waals surface area contributed by atoms with Crippen LogP contribution in [0.1, 0.15) is 34.0 Å². The molecule has 1 heterocycles. The molecule has 5 nitrogen and oxygen atoms in total. The first kappa shape index (κ1) is 25.5. The van der Waals surface area contributed by atoms with E-state index in [9.17, 15) is 18.0 Å². The van der Waals surface area contributed by atoms with E-state index in [-0.39, 0.29) is 12.1 Å². The molecule has 0 fully saturated rings. The Hall–Kier alpha value is -4.59. The number of hydrogen-bond donors (Lipinski definition) is 2. The number of amidine groups is 1. The minimum absolute atomic E-state index is 0.00637. The molecule has 37 heavy (non-hydrogen) atoms. The summed E-state index contributed by atoms with van der Waals surface area (Å²) in [5.74, 6) is 0.190. The van der Waals surface area contributed by atoms with E-state index in [0.717, 1.165) is 23.0 Å². The second-order valence-electron chi connectivity index (χ2n) is 8.30. The Morgan fingerprint density at radius 3 is 2.35 bits per heavy atom. The largest absolute Gasteiger partial charge is 0.416 e. The Morgan fingerprint density at radius 2 is 1.65 bits per heavy atom. The molecule has 188 valence electrons. The lowest BCUT2D eigenvalue weighted by molar-refractivity contribution is -0.138. The summed E-state index contributed by atoms with van der Waals surface area (Å²) in [4.78, 5) is 17.2. The summed E-state index contributed by atoms with van der Waals surface area (Å²) in [6.07, 6.45) is 1.14. The van der Waals surface area contributed by atoms with Crippen molar-refractivity contribution in [3.05, 3.63) is 132 Å². The minimum atomic E-state index is -4.49. The molecule has 0 saturated heterocycles. The number of benzene rings is 3. The first-order valence-corrected chi connectivity index (χ1v) is 11.5. The van der Waals surface area contributed by atoms with E-state index in [4.69, 9.17) is 0 Å². The van der Waals surface area contributed by atoms with Crippen LogP contribution >= 0.6 is 0 Å². The maximum atomic E-state index is 13.2. The summed E-state index contributed by atoms with van der Waals surface area (Å²) in [6.45, 7) is 5.71. The summed E-state index contributed by atoms with van der Waals surface area (Å²) < 4.78 is 39.7. The van der Waals surface area contributed by atoms with Crippen molar-refractivity contribution < 1.29 is 18.0 Å². The third-order valence-electron chi connectivity index (χ3n) is 5.60. The average Bonchev–Trinajstić information content (AvgIpc) is 2.89. The third kappa shape index (κ3) is 6.35. The summed E-state index contributed by atoms with van der Waals surface area (Å²) in [5, 5.41) is 4.37. The van der Waals surface area contributed by atoms with Gasteiger partial charge in [-0.2, -0.15) is 13.2 Å². The number of hydrogen-bond acceptors (Lipinski definition) is 3. The van der Waals surface area contributed by atoms with E-state index in [2.05, 4.69) is 22.3 Å². The van der Waals surface area contributed by atoms with Gasteiger partial charge in [-0.05, 0) is 55.0 Å². The normalized spacial score (nSPS) is 13.8. The highest BCUT2D eigenvalue weighted by Gasteiger charge is 2.32. The van der Waals surface area contributed by atoms with Crippen molar-refractivity contribution in [3.63, 3.8) is 0 Å². The number of hydrazine groups is 1. The summed E-state index contributed by atoms with van der Waals surface area (Å²) >= 11 is 0. The van der Waals surface area contributed by atoms with E-state index < -0.39 is 17.6 Å². The van der Waals surface area contributed by atoms with Gasteiger partial charge in [-0.1, -0.05) is 61.2 Å². The van der Waals surface area contributed by atoms with Crippen molar-refractivity contribution in [1.29, 1.82) is 0 Å². The number of nitrogens with zero attached hydrogens (tertiary/aromatic N) is 2. The number of carbonyl (C=O) groups is 1. The standard InChI is InChI=1S/C29H25F3N4O/c1-20-9-8-14-27(36(20)35-21(2)34-25-11-4-3-5-12-25)22-15-17-23(18-16-22)28(37)33-19-24-10-6-7-13-26(24)29(30,31)32/h3-18H,1,19H2,2H3,(H,33,37)(H,34,35). The molecule has 0 bridgehead atoms. The van der Waals surface area contributed by atoms with Gasteiger partial charge >= 0.3 is 6.18 Å². The predicted molar refractivity (Wildman–Crippen MR) is 139 cm³/mol. The highest BCUT2D eigenvalue weighted by Crippen LogP contribution is 2.32. The molecular weight excluding hydrogens is 477 g/mol. The predicted octanol–water partition coefficient (Wildman–Crippen LogP) is 6.62. The lowest BCUT2D eigenvalue weighted by atomic mass is 10.0. The van der Waals surface area contributed by atoms with Crippen LogP contribution in [-0.4, -0.2) is 16.8 Å². The number of allylic oxidation sites excluding steroid dienone is 3.